The summed E-state index contributed by atoms with van der Waals surface area (Å²) >= 11 is 0. The fourth-order valence-electron chi connectivity index (χ4n) is 3.62. The molecule has 4 aromatic rings. The van der Waals surface area contributed by atoms with Gasteiger partial charge in [0.25, 0.3) is 11.8 Å². The quantitative estimate of drug-likeness (QED) is 0.505. The van der Waals surface area contributed by atoms with Gasteiger partial charge in [0.1, 0.15) is 5.52 Å². The van der Waals surface area contributed by atoms with Gasteiger partial charge in [-0.05, 0) is 24.3 Å². The number of benzene rings is 2. The molecule has 5 rings (SSSR count). The Bertz CT molecular complexity index is 1240. The molecule has 152 valence electrons. The number of nitrogens with zero attached hydrogens (tertiary/aromatic N) is 3. The standard InChI is InChI=1S/C22H17F2N3O3/c23-22(24)11-12-27(21(28)20-15-6-2-4-8-17(15)26-30-20)13-18(22)29-19-10-9-14-5-1-3-7-16(14)25-19/h1-10,18H,11-13H2. The third-order valence-corrected chi connectivity index (χ3v) is 5.27. The predicted molar refractivity (Wildman–Crippen MR) is 106 cm³/mol. The topological polar surface area (TPSA) is 68.5 Å². The third kappa shape index (κ3) is 3.24. The number of aromatic nitrogens is 2. The second-order valence-corrected chi connectivity index (χ2v) is 7.24. The number of rotatable bonds is 3. The summed E-state index contributed by atoms with van der Waals surface area (Å²) in [5, 5.41) is 5.30. The van der Waals surface area contributed by atoms with Gasteiger partial charge in [-0.3, -0.25) is 4.79 Å². The van der Waals surface area contributed by atoms with Crippen molar-refractivity contribution >= 4 is 27.7 Å². The van der Waals surface area contributed by atoms with E-state index in [1.807, 2.05) is 18.2 Å². The van der Waals surface area contributed by atoms with Crippen molar-refractivity contribution in [2.24, 2.45) is 0 Å². The minimum Gasteiger partial charge on any atom is -0.466 e. The molecule has 3 heterocycles. The van der Waals surface area contributed by atoms with E-state index in [0.717, 1.165) is 5.39 Å². The van der Waals surface area contributed by atoms with Gasteiger partial charge in [-0.2, -0.15) is 0 Å². The average Bonchev–Trinajstić information content (AvgIpc) is 3.19. The molecule has 0 N–H and O–H groups in total. The summed E-state index contributed by atoms with van der Waals surface area (Å²) in [5.41, 5.74) is 1.19. The Hall–Kier alpha value is -3.55. The second kappa shape index (κ2) is 7.05. The molecule has 1 fully saturated rings. The third-order valence-electron chi connectivity index (χ3n) is 5.27. The fourth-order valence-corrected chi connectivity index (χ4v) is 3.62. The molecule has 1 unspecified atom stereocenters. The summed E-state index contributed by atoms with van der Waals surface area (Å²) in [5.74, 6) is -3.44. The van der Waals surface area contributed by atoms with E-state index in [-0.39, 0.29) is 24.7 Å². The van der Waals surface area contributed by atoms with E-state index >= 15 is 0 Å². The van der Waals surface area contributed by atoms with Crippen LogP contribution in [0.2, 0.25) is 0 Å². The molecule has 0 saturated carbocycles. The van der Waals surface area contributed by atoms with Gasteiger partial charge in [0.05, 0.1) is 17.4 Å². The molecular formula is C22H17F2N3O3. The Morgan fingerprint density at radius 1 is 1.07 bits per heavy atom. The van der Waals surface area contributed by atoms with Crippen LogP contribution >= 0.6 is 0 Å². The van der Waals surface area contributed by atoms with E-state index in [1.165, 1.54) is 4.90 Å². The van der Waals surface area contributed by atoms with Crippen LogP contribution in [0.1, 0.15) is 17.0 Å². The van der Waals surface area contributed by atoms with Crippen molar-refractivity contribution in [3.05, 3.63) is 66.4 Å². The lowest BCUT2D eigenvalue weighted by Crippen LogP contribution is -2.55. The highest BCUT2D eigenvalue weighted by atomic mass is 19.3. The second-order valence-electron chi connectivity index (χ2n) is 7.24. The number of carbonyl (C=O) groups is 1. The van der Waals surface area contributed by atoms with Crippen LogP contribution in [-0.2, 0) is 0 Å². The number of pyridine rings is 1. The van der Waals surface area contributed by atoms with Crippen molar-refractivity contribution in [2.45, 2.75) is 18.4 Å². The molecule has 0 aliphatic carbocycles. The molecule has 2 aromatic heterocycles. The smallest absolute Gasteiger partial charge is 0.293 e. The summed E-state index contributed by atoms with van der Waals surface area (Å²) in [6.07, 6.45) is -2.03. The molecule has 0 bridgehead atoms. The van der Waals surface area contributed by atoms with Gasteiger partial charge >= 0.3 is 0 Å². The first-order chi connectivity index (χ1) is 14.5. The molecule has 8 heteroatoms. The molecule has 6 nitrogen and oxygen atoms in total. The summed E-state index contributed by atoms with van der Waals surface area (Å²) in [4.78, 5) is 18.6. The zero-order valence-electron chi connectivity index (χ0n) is 15.8. The molecule has 1 amide bonds. The Kier molecular flexibility index (Phi) is 4.34. The minimum absolute atomic E-state index is 0.0402. The van der Waals surface area contributed by atoms with E-state index in [0.29, 0.717) is 16.4 Å². The Balaban J connectivity index is 1.39. The van der Waals surface area contributed by atoms with Gasteiger partial charge in [-0.15, -0.1) is 0 Å². The van der Waals surface area contributed by atoms with Crippen LogP contribution in [0.4, 0.5) is 8.78 Å². The van der Waals surface area contributed by atoms with Gasteiger partial charge in [0.2, 0.25) is 11.6 Å². The first kappa shape index (κ1) is 18.5. The lowest BCUT2D eigenvalue weighted by molar-refractivity contribution is -0.131. The number of hydrogen-bond donors (Lipinski definition) is 0. The number of carbonyl (C=O) groups excluding carboxylic acids is 1. The van der Waals surface area contributed by atoms with Crippen molar-refractivity contribution < 1.29 is 22.8 Å². The lowest BCUT2D eigenvalue weighted by Gasteiger charge is -2.37. The van der Waals surface area contributed by atoms with Crippen molar-refractivity contribution in [1.29, 1.82) is 0 Å². The van der Waals surface area contributed by atoms with Crippen LogP contribution in [0.25, 0.3) is 21.8 Å². The molecule has 1 aliphatic heterocycles. The number of halogens is 2. The number of piperidine rings is 1. The average molecular weight is 409 g/mol. The summed E-state index contributed by atoms with van der Waals surface area (Å²) in [6.45, 7) is -0.388. The zero-order valence-corrected chi connectivity index (χ0v) is 15.8. The van der Waals surface area contributed by atoms with Gasteiger partial charge in [-0.25, -0.2) is 13.8 Å². The Morgan fingerprint density at radius 2 is 1.83 bits per heavy atom. The van der Waals surface area contributed by atoms with E-state index in [2.05, 4.69) is 10.1 Å². The molecule has 0 spiro atoms. The highest BCUT2D eigenvalue weighted by Gasteiger charge is 2.47. The molecule has 1 atom stereocenters. The normalized spacial score (nSPS) is 18.6. The predicted octanol–water partition coefficient (Wildman–Crippen LogP) is 4.30. The SMILES string of the molecule is O=C(c1onc2ccccc12)N1CCC(F)(F)C(Oc2ccc3ccccc3n2)C1. The fraction of sp³-hybridized carbons (Fsp3) is 0.227. The monoisotopic (exact) mass is 409 g/mol. The van der Waals surface area contributed by atoms with Gasteiger partial charge < -0.3 is 14.2 Å². The maximum absolute atomic E-state index is 14.6. The molecule has 1 saturated heterocycles. The van der Waals surface area contributed by atoms with Crippen LogP contribution in [0, 0.1) is 0 Å². The summed E-state index contributed by atoms with van der Waals surface area (Å²) in [6, 6.07) is 17.6. The first-order valence-corrected chi connectivity index (χ1v) is 9.55. The first-order valence-electron chi connectivity index (χ1n) is 9.55. The van der Waals surface area contributed by atoms with Crippen LogP contribution in [0.15, 0.2) is 65.2 Å². The molecule has 0 radical (unpaired) electrons. The Morgan fingerprint density at radius 3 is 2.70 bits per heavy atom. The number of likely N-dealkylation sites (tertiary alicyclic amines) is 1. The van der Waals surface area contributed by atoms with Crippen LogP contribution in [0.5, 0.6) is 5.88 Å². The highest BCUT2D eigenvalue weighted by molar-refractivity contribution is 6.03. The number of para-hydroxylation sites is 1. The largest absolute Gasteiger partial charge is 0.466 e. The molecule has 30 heavy (non-hydrogen) atoms. The maximum Gasteiger partial charge on any atom is 0.293 e. The summed E-state index contributed by atoms with van der Waals surface area (Å²) < 4.78 is 39.9. The molecule has 1 aliphatic rings. The maximum atomic E-state index is 14.6. The van der Waals surface area contributed by atoms with Gasteiger partial charge in [0.15, 0.2) is 6.10 Å². The lowest BCUT2D eigenvalue weighted by atomic mass is 10.0. The summed E-state index contributed by atoms with van der Waals surface area (Å²) in [7, 11) is 0. The van der Waals surface area contributed by atoms with Crippen molar-refractivity contribution in [3.63, 3.8) is 0 Å². The zero-order chi connectivity index (χ0) is 20.7. The van der Waals surface area contributed by atoms with E-state index in [1.54, 1.807) is 42.5 Å². The number of hydrogen-bond acceptors (Lipinski definition) is 5. The van der Waals surface area contributed by atoms with Crippen molar-refractivity contribution in [2.75, 3.05) is 13.1 Å². The number of fused-ring (bicyclic) bond motifs is 2. The number of ether oxygens (including phenoxy) is 1. The van der Waals surface area contributed by atoms with Crippen LogP contribution in [0.3, 0.4) is 0 Å². The van der Waals surface area contributed by atoms with Gasteiger partial charge in [0, 0.05) is 24.4 Å². The Labute approximate surface area is 170 Å². The van der Waals surface area contributed by atoms with Gasteiger partial charge in [-0.1, -0.05) is 35.5 Å². The van der Waals surface area contributed by atoms with E-state index < -0.39 is 24.4 Å². The van der Waals surface area contributed by atoms with Crippen molar-refractivity contribution in [1.82, 2.24) is 15.0 Å². The highest BCUT2D eigenvalue weighted by Crippen LogP contribution is 2.33. The van der Waals surface area contributed by atoms with Crippen LogP contribution in [-0.4, -0.2) is 46.1 Å². The number of amides is 1. The van der Waals surface area contributed by atoms with E-state index in [9.17, 15) is 13.6 Å². The van der Waals surface area contributed by atoms with E-state index in [4.69, 9.17) is 9.26 Å². The molecule has 2 aromatic carbocycles. The molecular weight excluding hydrogens is 392 g/mol. The van der Waals surface area contributed by atoms with Crippen LogP contribution < -0.4 is 4.74 Å². The minimum atomic E-state index is -3.09. The van der Waals surface area contributed by atoms with Crippen molar-refractivity contribution in [3.8, 4) is 5.88 Å². The number of alkyl halides is 2.